The molecule has 10 rings (SSSR count). The van der Waals surface area contributed by atoms with E-state index in [4.69, 9.17) is 20.3 Å². The normalized spacial score (nSPS) is 11.7. The molecule has 0 amide bonds. The Bertz CT molecular complexity index is 3000. The minimum absolute atomic E-state index is 0.255. The Hall–Kier alpha value is -7.41. The van der Waals surface area contributed by atoms with Gasteiger partial charge in [-0.3, -0.25) is 0 Å². The van der Waals surface area contributed by atoms with Gasteiger partial charge in [0, 0.05) is 70.3 Å². The lowest BCUT2D eigenvalue weighted by molar-refractivity contribution is -0.711. The van der Waals surface area contributed by atoms with Crippen LogP contribution in [0.25, 0.3) is 21.8 Å². The number of halogens is 1. The summed E-state index contributed by atoms with van der Waals surface area (Å²) in [5, 5.41) is 17.1. The number of rotatable bonds is 17. The summed E-state index contributed by atoms with van der Waals surface area (Å²) in [7, 11) is 0. The third kappa shape index (κ3) is 8.27. The van der Waals surface area contributed by atoms with Crippen molar-refractivity contribution in [2.24, 2.45) is 0 Å². The summed E-state index contributed by atoms with van der Waals surface area (Å²) in [5.41, 5.74) is 8.84. The van der Waals surface area contributed by atoms with Gasteiger partial charge in [-0.1, -0.05) is 78.9 Å². The smallest absolute Gasteiger partial charge is 0.284 e. The lowest BCUT2D eigenvalue weighted by atomic mass is 10.1. The maximum absolute atomic E-state index is 14.0. The molecule has 0 radical (unpaired) electrons. The van der Waals surface area contributed by atoms with Crippen LogP contribution in [0.4, 0.5) is 4.39 Å². The van der Waals surface area contributed by atoms with Crippen molar-refractivity contribution in [2.75, 3.05) is 0 Å². The number of benzene rings is 4. The molecule has 304 valence electrons. The molecule has 0 unspecified atom stereocenters. The molecule has 0 aliphatic carbocycles. The van der Waals surface area contributed by atoms with E-state index in [0.29, 0.717) is 25.7 Å². The van der Waals surface area contributed by atoms with E-state index in [1.165, 1.54) is 39.6 Å². The number of nitrogens with one attached hydrogen (secondary N) is 3. The number of aromatic nitrogens is 12. The van der Waals surface area contributed by atoms with Crippen molar-refractivity contribution in [3.05, 3.63) is 203 Å². The highest BCUT2D eigenvalue weighted by Crippen LogP contribution is 2.23. The largest absolute Gasteiger partial charge is 0.361 e. The fraction of sp³-hybridized carbons (Fsp3) is 0.208. The van der Waals surface area contributed by atoms with E-state index in [0.717, 1.165) is 90.1 Å². The van der Waals surface area contributed by atoms with Crippen LogP contribution in [0.2, 0.25) is 0 Å². The highest BCUT2D eigenvalue weighted by atomic mass is 19.1. The lowest BCUT2D eigenvalue weighted by Gasteiger charge is -2.10. The third-order valence-corrected chi connectivity index (χ3v) is 11.5. The van der Waals surface area contributed by atoms with Crippen molar-refractivity contribution in [2.45, 2.75) is 64.5 Å². The van der Waals surface area contributed by atoms with Crippen LogP contribution in [0.1, 0.15) is 69.8 Å². The minimum Gasteiger partial charge on any atom is -0.361 e. The van der Waals surface area contributed by atoms with Crippen molar-refractivity contribution in [3.8, 4) is 0 Å². The topological polar surface area (TPSA) is 130 Å². The number of aromatic amines is 3. The predicted molar refractivity (Wildman–Crippen MR) is 231 cm³/mol. The van der Waals surface area contributed by atoms with Crippen molar-refractivity contribution >= 4 is 21.8 Å². The fourth-order valence-corrected chi connectivity index (χ4v) is 8.42. The number of para-hydroxylation sites is 2. The molecule has 0 fully saturated rings. The van der Waals surface area contributed by atoms with Gasteiger partial charge < -0.3 is 19.5 Å². The van der Waals surface area contributed by atoms with E-state index in [1.807, 2.05) is 46.3 Å². The Labute approximate surface area is 351 Å². The lowest BCUT2D eigenvalue weighted by Crippen LogP contribution is -2.42. The average molecular weight is 810 g/mol. The van der Waals surface area contributed by atoms with Crippen LogP contribution >= 0.6 is 0 Å². The standard InChI is InChI=1S/C48H46FN12/c49-38-20-18-35(19-21-38)25-47-57-61(48(60(47)23-8-12-39-30-50-32-53-39)27-37-29-52-44-17-7-5-15-42(37)44)58-31-40(54-33-58)13-9-22-59-45(24-34-10-2-1-3-11-34)55-56-46(59)26-36-28-51-43-16-6-4-14-41(36)43/h1-7,10-11,14-21,28-33,51-52H,8-9,12-13,22-27H2,(H,50,53)/q+1. The molecule has 6 heterocycles. The summed E-state index contributed by atoms with van der Waals surface area (Å²) in [5.74, 6) is 3.56. The molecule has 4 aromatic carbocycles. The van der Waals surface area contributed by atoms with Crippen molar-refractivity contribution < 1.29 is 8.96 Å². The second-order valence-corrected chi connectivity index (χ2v) is 15.6. The van der Waals surface area contributed by atoms with E-state index < -0.39 is 0 Å². The molecule has 0 aliphatic rings. The Balaban J connectivity index is 0.947. The van der Waals surface area contributed by atoms with Crippen LogP contribution in [-0.4, -0.2) is 54.2 Å². The molecule has 0 bridgehead atoms. The monoisotopic (exact) mass is 809 g/mol. The van der Waals surface area contributed by atoms with Gasteiger partial charge in [0.05, 0.1) is 42.7 Å². The SMILES string of the molecule is Fc1ccc(Cc2nn(-n3cnc(CCCn4c(Cc5ccccc5)nnc4Cc4c[nH]c5ccccc45)c3)c(Cc3c[nH]c4ccccc34)[n+]2CCCc2cnc[nH]2)cc1. The van der Waals surface area contributed by atoms with Gasteiger partial charge in [0.1, 0.15) is 23.8 Å². The number of H-pyrrole nitrogens is 3. The molecule has 6 aromatic heterocycles. The van der Waals surface area contributed by atoms with Gasteiger partial charge in [0.2, 0.25) is 0 Å². The van der Waals surface area contributed by atoms with Crippen molar-refractivity contribution in [1.82, 2.24) is 54.2 Å². The Kier molecular flexibility index (Phi) is 10.6. The summed E-state index contributed by atoms with van der Waals surface area (Å²) in [6.45, 7) is 1.49. The van der Waals surface area contributed by atoms with Gasteiger partial charge in [0.25, 0.3) is 11.6 Å². The number of nitrogens with zero attached hydrogens (tertiary/aromatic N) is 9. The number of hydrogen-bond donors (Lipinski definition) is 3. The highest BCUT2D eigenvalue weighted by molar-refractivity contribution is 5.84. The molecule has 10 aromatic rings. The number of hydrogen-bond acceptors (Lipinski definition) is 5. The van der Waals surface area contributed by atoms with Gasteiger partial charge in [-0.05, 0) is 72.2 Å². The summed E-state index contributed by atoms with van der Waals surface area (Å²) in [6.07, 6.45) is 17.6. The summed E-state index contributed by atoms with van der Waals surface area (Å²) < 4.78 is 20.6. The van der Waals surface area contributed by atoms with E-state index in [1.54, 1.807) is 6.33 Å². The second-order valence-electron chi connectivity index (χ2n) is 15.6. The zero-order valence-electron chi connectivity index (χ0n) is 33.8. The average Bonchev–Trinajstić information content (AvgIpc) is 4.17. The molecular formula is C48H46FN12+. The molecule has 0 aliphatic heterocycles. The molecule has 13 heteroatoms. The van der Waals surface area contributed by atoms with Gasteiger partial charge in [-0.2, -0.15) is 4.68 Å². The van der Waals surface area contributed by atoms with Crippen molar-refractivity contribution in [1.29, 1.82) is 0 Å². The number of aryl methyl sites for hydroxylation is 2. The zero-order valence-corrected chi connectivity index (χ0v) is 33.8. The Morgan fingerprint density at radius 2 is 1.34 bits per heavy atom. The molecule has 0 spiro atoms. The van der Waals surface area contributed by atoms with Gasteiger partial charge in [0.15, 0.2) is 0 Å². The van der Waals surface area contributed by atoms with Crippen LogP contribution in [0.15, 0.2) is 141 Å². The van der Waals surface area contributed by atoms with Crippen LogP contribution in [0.3, 0.4) is 0 Å². The van der Waals surface area contributed by atoms with Crippen molar-refractivity contribution in [3.63, 3.8) is 0 Å². The maximum Gasteiger partial charge on any atom is 0.284 e. The van der Waals surface area contributed by atoms with Gasteiger partial charge >= 0.3 is 0 Å². The van der Waals surface area contributed by atoms with Crippen LogP contribution in [0, 0.1) is 5.82 Å². The Morgan fingerprint density at radius 3 is 2.08 bits per heavy atom. The number of imidazole rings is 2. The Morgan fingerprint density at radius 1 is 0.656 bits per heavy atom. The van der Waals surface area contributed by atoms with E-state index >= 15 is 0 Å². The summed E-state index contributed by atoms with van der Waals surface area (Å²) >= 11 is 0. The van der Waals surface area contributed by atoms with E-state index in [2.05, 4.69) is 114 Å². The predicted octanol–water partition coefficient (Wildman–Crippen LogP) is 7.72. The second kappa shape index (κ2) is 17.1. The molecule has 0 saturated carbocycles. The van der Waals surface area contributed by atoms with E-state index in [-0.39, 0.29) is 5.82 Å². The van der Waals surface area contributed by atoms with Gasteiger partial charge in [-0.15, -0.1) is 10.2 Å². The minimum atomic E-state index is -0.255. The first-order chi connectivity index (χ1) is 30.1. The highest BCUT2D eigenvalue weighted by Gasteiger charge is 2.29. The van der Waals surface area contributed by atoms with Gasteiger partial charge in [-0.25, -0.2) is 18.9 Å². The first-order valence-electron chi connectivity index (χ1n) is 20.9. The summed E-state index contributed by atoms with van der Waals surface area (Å²) in [6, 6.07) is 33.9. The fourth-order valence-electron chi connectivity index (χ4n) is 8.42. The molecule has 0 atom stereocenters. The molecule has 3 N–H and O–H groups in total. The number of fused-ring (bicyclic) bond motifs is 2. The quantitative estimate of drug-likeness (QED) is 0.0812. The molecule has 61 heavy (non-hydrogen) atoms. The van der Waals surface area contributed by atoms with Crippen LogP contribution < -0.4 is 4.57 Å². The zero-order chi connectivity index (χ0) is 41.0. The van der Waals surface area contributed by atoms with E-state index in [9.17, 15) is 4.39 Å². The molecule has 12 nitrogen and oxygen atoms in total. The first kappa shape index (κ1) is 37.8. The third-order valence-electron chi connectivity index (χ3n) is 11.5. The van der Waals surface area contributed by atoms with Crippen LogP contribution in [-0.2, 0) is 51.6 Å². The first-order valence-corrected chi connectivity index (χ1v) is 20.9. The molecule has 0 saturated heterocycles. The summed E-state index contributed by atoms with van der Waals surface area (Å²) in [4.78, 5) is 21.3. The maximum atomic E-state index is 14.0. The molecular weight excluding hydrogens is 764 g/mol. The van der Waals surface area contributed by atoms with Crippen LogP contribution in [0.5, 0.6) is 0 Å².